The van der Waals surface area contributed by atoms with Crippen molar-refractivity contribution in [3.63, 3.8) is 0 Å². The molecule has 2 saturated heterocycles. The molecular formula is C19H24ClN3O2. The van der Waals surface area contributed by atoms with Crippen molar-refractivity contribution >= 4 is 29.2 Å². The van der Waals surface area contributed by atoms with Gasteiger partial charge in [0.15, 0.2) is 0 Å². The molecule has 0 bridgehead atoms. The Balaban J connectivity index is 0.00000182. The molecule has 2 N–H and O–H groups in total. The highest BCUT2D eigenvalue weighted by Crippen LogP contribution is 2.37. The number of amides is 1. The number of carbonyl (C=O) groups is 1. The van der Waals surface area contributed by atoms with Crippen LogP contribution in [0.5, 0.6) is 0 Å². The number of nitrogens with one attached hydrogen (secondary N) is 2. The Bertz CT molecular complexity index is 845. The number of para-hydroxylation sites is 1. The number of aromatic nitrogens is 1. The van der Waals surface area contributed by atoms with Gasteiger partial charge >= 0.3 is 0 Å². The van der Waals surface area contributed by atoms with Crippen LogP contribution >= 0.6 is 12.4 Å². The van der Waals surface area contributed by atoms with E-state index in [1.165, 1.54) is 6.42 Å². The van der Waals surface area contributed by atoms with Crippen LogP contribution in [0.2, 0.25) is 0 Å². The van der Waals surface area contributed by atoms with Gasteiger partial charge in [-0.05, 0) is 49.8 Å². The first kappa shape index (κ1) is 18.0. The number of halogens is 1. The SMILES string of the molecule is Cc1c(C(=O)N2CCC3(CCNC3)CC2)c(=O)[nH]c2ccccc12.Cl. The number of aryl methyl sites for hydroxylation is 1. The summed E-state index contributed by atoms with van der Waals surface area (Å²) in [7, 11) is 0. The third kappa shape index (κ3) is 3.07. The van der Waals surface area contributed by atoms with Crippen LogP contribution in [-0.2, 0) is 0 Å². The lowest BCUT2D eigenvalue weighted by Gasteiger charge is -2.39. The summed E-state index contributed by atoms with van der Waals surface area (Å²) in [5.74, 6) is -0.125. The van der Waals surface area contributed by atoms with Crippen molar-refractivity contribution in [2.75, 3.05) is 26.2 Å². The van der Waals surface area contributed by atoms with E-state index in [-0.39, 0.29) is 23.9 Å². The largest absolute Gasteiger partial charge is 0.338 e. The van der Waals surface area contributed by atoms with Crippen molar-refractivity contribution < 1.29 is 4.79 Å². The topological polar surface area (TPSA) is 65.2 Å². The molecule has 2 aromatic rings. The molecule has 0 aliphatic carbocycles. The van der Waals surface area contributed by atoms with Crippen molar-refractivity contribution in [3.05, 3.63) is 45.7 Å². The standard InChI is InChI=1S/C19H23N3O2.ClH/c1-13-14-4-2-3-5-15(14)21-17(23)16(13)18(24)22-10-7-19(8-11-22)6-9-20-12-19;/h2-5,20H,6-12H2,1H3,(H,21,23);1H. The molecule has 0 saturated carbocycles. The average molecular weight is 362 g/mol. The Morgan fingerprint density at radius 3 is 2.56 bits per heavy atom. The number of nitrogens with zero attached hydrogens (tertiary/aromatic N) is 1. The van der Waals surface area contributed by atoms with Crippen molar-refractivity contribution in [2.45, 2.75) is 26.2 Å². The molecule has 25 heavy (non-hydrogen) atoms. The van der Waals surface area contributed by atoms with Crippen LogP contribution in [0.3, 0.4) is 0 Å². The molecule has 0 unspecified atom stereocenters. The van der Waals surface area contributed by atoms with E-state index in [0.717, 1.165) is 55.5 Å². The van der Waals surface area contributed by atoms with Crippen LogP contribution < -0.4 is 10.9 Å². The number of hydrogen-bond acceptors (Lipinski definition) is 3. The average Bonchev–Trinajstić information content (AvgIpc) is 3.03. The molecule has 134 valence electrons. The van der Waals surface area contributed by atoms with E-state index < -0.39 is 0 Å². The van der Waals surface area contributed by atoms with Crippen molar-refractivity contribution in [3.8, 4) is 0 Å². The number of benzene rings is 1. The van der Waals surface area contributed by atoms with Crippen LogP contribution in [0.25, 0.3) is 10.9 Å². The van der Waals surface area contributed by atoms with Crippen molar-refractivity contribution in [2.24, 2.45) is 5.41 Å². The second-order valence-corrected chi connectivity index (χ2v) is 7.22. The zero-order valence-corrected chi connectivity index (χ0v) is 15.2. The third-order valence-corrected chi connectivity index (χ3v) is 5.84. The zero-order valence-electron chi connectivity index (χ0n) is 14.4. The number of hydrogen-bond donors (Lipinski definition) is 2. The molecule has 0 atom stereocenters. The maximum absolute atomic E-state index is 13.0. The number of pyridine rings is 1. The molecular weight excluding hydrogens is 338 g/mol. The molecule has 2 aliphatic heterocycles. The van der Waals surface area contributed by atoms with Gasteiger partial charge in [0.05, 0.1) is 0 Å². The number of aromatic amines is 1. The summed E-state index contributed by atoms with van der Waals surface area (Å²) < 4.78 is 0. The lowest BCUT2D eigenvalue weighted by Crippen LogP contribution is -2.45. The van der Waals surface area contributed by atoms with Crippen molar-refractivity contribution in [1.82, 2.24) is 15.2 Å². The molecule has 0 radical (unpaired) electrons. The molecule has 1 aromatic carbocycles. The van der Waals surface area contributed by atoms with Gasteiger partial charge < -0.3 is 15.2 Å². The smallest absolute Gasteiger partial charge is 0.261 e. The maximum atomic E-state index is 13.0. The summed E-state index contributed by atoms with van der Waals surface area (Å²) in [6, 6.07) is 7.64. The van der Waals surface area contributed by atoms with E-state index in [0.29, 0.717) is 11.0 Å². The minimum atomic E-state index is -0.279. The van der Waals surface area contributed by atoms with Gasteiger partial charge in [-0.2, -0.15) is 0 Å². The van der Waals surface area contributed by atoms with Crippen LogP contribution in [0.1, 0.15) is 35.2 Å². The van der Waals surface area contributed by atoms with Gasteiger partial charge in [-0.15, -0.1) is 12.4 Å². The zero-order chi connectivity index (χ0) is 16.7. The number of rotatable bonds is 1. The number of fused-ring (bicyclic) bond motifs is 1. The Morgan fingerprint density at radius 2 is 1.88 bits per heavy atom. The summed E-state index contributed by atoms with van der Waals surface area (Å²) in [6.07, 6.45) is 3.25. The number of H-pyrrole nitrogens is 1. The summed E-state index contributed by atoms with van der Waals surface area (Å²) >= 11 is 0. The normalized spacial score (nSPS) is 19.2. The fourth-order valence-electron chi connectivity index (χ4n) is 4.23. The Morgan fingerprint density at radius 1 is 1.16 bits per heavy atom. The molecule has 4 rings (SSSR count). The molecule has 2 aliphatic rings. The number of carbonyl (C=O) groups excluding carboxylic acids is 1. The Hall–Kier alpha value is -1.85. The number of likely N-dealkylation sites (tertiary alicyclic amines) is 1. The van der Waals surface area contributed by atoms with Crippen LogP contribution in [0.4, 0.5) is 0 Å². The van der Waals surface area contributed by atoms with Crippen LogP contribution in [0, 0.1) is 12.3 Å². The van der Waals surface area contributed by atoms with Gasteiger partial charge in [0.2, 0.25) is 0 Å². The van der Waals surface area contributed by atoms with Gasteiger partial charge in [0.1, 0.15) is 5.56 Å². The first-order valence-corrected chi connectivity index (χ1v) is 8.71. The molecule has 1 aromatic heterocycles. The lowest BCUT2D eigenvalue weighted by molar-refractivity contribution is 0.0605. The van der Waals surface area contributed by atoms with Crippen molar-refractivity contribution in [1.29, 1.82) is 0 Å². The van der Waals surface area contributed by atoms with Gasteiger partial charge in [0.25, 0.3) is 11.5 Å². The predicted molar refractivity (Wildman–Crippen MR) is 102 cm³/mol. The van der Waals surface area contributed by atoms with E-state index in [9.17, 15) is 9.59 Å². The maximum Gasteiger partial charge on any atom is 0.261 e. The number of piperidine rings is 1. The third-order valence-electron chi connectivity index (χ3n) is 5.84. The molecule has 1 amide bonds. The Kier molecular flexibility index (Phi) is 4.89. The summed E-state index contributed by atoms with van der Waals surface area (Å²) in [5.41, 5.74) is 1.95. The van der Waals surface area contributed by atoms with Gasteiger partial charge in [-0.3, -0.25) is 9.59 Å². The van der Waals surface area contributed by atoms with Gasteiger partial charge in [0, 0.05) is 30.5 Å². The van der Waals surface area contributed by atoms with E-state index in [1.807, 2.05) is 36.1 Å². The summed E-state index contributed by atoms with van der Waals surface area (Å²) in [6.45, 7) is 5.50. The lowest BCUT2D eigenvalue weighted by atomic mass is 9.77. The van der Waals surface area contributed by atoms with Crippen LogP contribution in [-0.4, -0.2) is 42.0 Å². The minimum Gasteiger partial charge on any atom is -0.338 e. The second-order valence-electron chi connectivity index (χ2n) is 7.22. The Labute approximate surface area is 153 Å². The quantitative estimate of drug-likeness (QED) is 0.820. The first-order chi connectivity index (χ1) is 11.6. The van der Waals surface area contributed by atoms with E-state index in [4.69, 9.17) is 0 Å². The van der Waals surface area contributed by atoms with E-state index in [1.54, 1.807) is 0 Å². The monoisotopic (exact) mass is 361 g/mol. The predicted octanol–water partition coefficient (Wildman–Crippen LogP) is 2.47. The highest BCUT2D eigenvalue weighted by Gasteiger charge is 2.38. The van der Waals surface area contributed by atoms with Gasteiger partial charge in [-0.1, -0.05) is 18.2 Å². The molecule has 1 spiro atoms. The first-order valence-electron chi connectivity index (χ1n) is 8.71. The highest BCUT2D eigenvalue weighted by atomic mass is 35.5. The minimum absolute atomic E-state index is 0. The summed E-state index contributed by atoms with van der Waals surface area (Å²) in [4.78, 5) is 30.2. The molecule has 6 heteroatoms. The molecule has 2 fully saturated rings. The van der Waals surface area contributed by atoms with Gasteiger partial charge in [-0.25, -0.2) is 0 Å². The van der Waals surface area contributed by atoms with E-state index in [2.05, 4.69) is 10.3 Å². The second kappa shape index (κ2) is 6.81. The fourth-order valence-corrected chi connectivity index (χ4v) is 4.23. The fraction of sp³-hybridized carbons (Fsp3) is 0.474. The molecule has 3 heterocycles. The summed E-state index contributed by atoms with van der Waals surface area (Å²) in [5, 5.41) is 4.38. The molecule has 5 nitrogen and oxygen atoms in total. The van der Waals surface area contributed by atoms with E-state index >= 15 is 0 Å². The van der Waals surface area contributed by atoms with Crippen LogP contribution in [0.15, 0.2) is 29.1 Å². The highest BCUT2D eigenvalue weighted by molar-refractivity contribution is 5.99.